The summed E-state index contributed by atoms with van der Waals surface area (Å²) in [6.07, 6.45) is 0. The van der Waals surface area contributed by atoms with Crippen LogP contribution in [0.4, 0.5) is 8.78 Å². The molecule has 0 radical (unpaired) electrons. The lowest BCUT2D eigenvalue weighted by atomic mass is 9.78. The van der Waals surface area contributed by atoms with E-state index < -0.39 is 0 Å². The van der Waals surface area contributed by atoms with Gasteiger partial charge >= 0.3 is 0 Å². The first-order valence-corrected chi connectivity index (χ1v) is 8.18. The Morgan fingerprint density at radius 3 is 1.92 bits per heavy atom. The van der Waals surface area contributed by atoms with Crippen molar-refractivity contribution in [3.63, 3.8) is 0 Å². The molecule has 0 bridgehead atoms. The van der Waals surface area contributed by atoms with Crippen molar-refractivity contribution in [3.05, 3.63) is 82.4 Å². The molecule has 0 spiro atoms. The Hall–Kier alpha value is -2.42. The molecule has 0 saturated carbocycles. The van der Waals surface area contributed by atoms with Crippen LogP contribution in [0.15, 0.2) is 48.5 Å². The van der Waals surface area contributed by atoms with Crippen molar-refractivity contribution in [2.75, 3.05) is 0 Å². The Morgan fingerprint density at radius 1 is 0.708 bits per heavy atom. The molecule has 0 nitrogen and oxygen atoms in total. The number of benzene rings is 3. The van der Waals surface area contributed by atoms with Crippen LogP contribution in [0.2, 0.25) is 0 Å². The van der Waals surface area contributed by atoms with E-state index in [0.29, 0.717) is 22.3 Å². The molecule has 0 N–H and O–H groups in total. The van der Waals surface area contributed by atoms with E-state index in [1.165, 1.54) is 0 Å². The zero-order valence-corrected chi connectivity index (χ0v) is 14.0. The summed E-state index contributed by atoms with van der Waals surface area (Å²) in [5.41, 5.74) is 6.01. The van der Waals surface area contributed by atoms with Gasteiger partial charge in [0.05, 0.1) is 0 Å². The highest BCUT2D eigenvalue weighted by Gasteiger charge is 2.32. The van der Waals surface area contributed by atoms with Gasteiger partial charge in [-0.25, -0.2) is 8.78 Å². The third-order valence-corrected chi connectivity index (χ3v) is 5.07. The molecule has 24 heavy (non-hydrogen) atoms. The van der Waals surface area contributed by atoms with Crippen molar-refractivity contribution in [2.45, 2.75) is 19.7 Å². The third-order valence-electron chi connectivity index (χ3n) is 5.07. The molecular weight excluding hydrogens is 301 g/mol. The van der Waals surface area contributed by atoms with Gasteiger partial charge in [-0.05, 0) is 53.0 Å². The molecule has 1 aliphatic carbocycles. The standard InChI is InChI=1S/C21H17BF2/c1-11-3-6-13(7-4-11)14-9-10-16-15-8-5-12(2)20(23)17(15)19(22)18(16)21(14)24/h3-10,19H,22H2,1-2H3. The Labute approximate surface area is 141 Å². The lowest BCUT2D eigenvalue weighted by molar-refractivity contribution is 0.598. The number of aryl methyl sites for hydroxylation is 2. The first-order chi connectivity index (χ1) is 11.5. The molecule has 0 aromatic heterocycles. The number of halogens is 2. The van der Waals surface area contributed by atoms with E-state index in [0.717, 1.165) is 22.3 Å². The molecular formula is C21H17BF2. The average Bonchev–Trinajstić information content (AvgIpc) is 2.86. The molecule has 3 aromatic carbocycles. The summed E-state index contributed by atoms with van der Waals surface area (Å²) in [6.45, 7) is 3.76. The van der Waals surface area contributed by atoms with Gasteiger partial charge < -0.3 is 0 Å². The van der Waals surface area contributed by atoms with Gasteiger partial charge in [-0.3, -0.25) is 0 Å². The summed E-state index contributed by atoms with van der Waals surface area (Å²) >= 11 is 0. The van der Waals surface area contributed by atoms with E-state index in [-0.39, 0.29) is 17.5 Å². The molecule has 1 unspecified atom stereocenters. The second-order valence-corrected chi connectivity index (χ2v) is 6.63. The number of fused-ring (bicyclic) bond motifs is 3. The Balaban J connectivity index is 1.93. The normalized spacial score (nSPS) is 15.2. The molecule has 0 heterocycles. The van der Waals surface area contributed by atoms with Crippen LogP contribution in [0.1, 0.15) is 28.1 Å². The lowest BCUT2D eigenvalue weighted by Gasteiger charge is -2.12. The average molecular weight is 318 g/mol. The highest BCUT2D eigenvalue weighted by molar-refractivity contribution is 6.17. The van der Waals surface area contributed by atoms with Gasteiger partial charge in [0.25, 0.3) is 0 Å². The molecule has 3 heteroatoms. The van der Waals surface area contributed by atoms with Crippen molar-refractivity contribution >= 4 is 7.85 Å². The van der Waals surface area contributed by atoms with Crippen molar-refractivity contribution in [1.82, 2.24) is 0 Å². The fourth-order valence-corrected chi connectivity index (χ4v) is 3.71. The SMILES string of the molecule is BC1c2c(ccc(C)c2F)-c2ccc(-c3ccc(C)cc3)c(F)c21. The summed E-state index contributed by atoms with van der Waals surface area (Å²) in [5.74, 6) is -0.732. The maximum Gasteiger partial charge on any atom is 0.134 e. The summed E-state index contributed by atoms with van der Waals surface area (Å²) in [6, 6.07) is 15.2. The van der Waals surface area contributed by atoms with Crippen LogP contribution < -0.4 is 0 Å². The molecule has 118 valence electrons. The number of hydrogen-bond donors (Lipinski definition) is 0. The first-order valence-electron chi connectivity index (χ1n) is 8.18. The molecule has 4 rings (SSSR count). The van der Waals surface area contributed by atoms with E-state index in [1.807, 2.05) is 51.2 Å². The summed E-state index contributed by atoms with van der Waals surface area (Å²) in [7, 11) is 1.88. The van der Waals surface area contributed by atoms with Gasteiger partial charge in [-0.2, -0.15) is 0 Å². The zero-order chi connectivity index (χ0) is 17.0. The van der Waals surface area contributed by atoms with Crippen LogP contribution in [-0.4, -0.2) is 7.85 Å². The van der Waals surface area contributed by atoms with Gasteiger partial charge in [-0.15, -0.1) is 0 Å². The largest absolute Gasteiger partial charge is 0.206 e. The monoisotopic (exact) mass is 318 g/mol. The molecule has 0 amide bonds. The first kappa shape index (κ1) is 15.1. The predicted octanol–water partition coefficient (Wildman–Crippen LogP) is 4.95. The van der Waals surface area contributed by atoms with Gasteiger partial charge in [-0.1, -0.05) is 54.1 Å². The van der Waals surface area contributed by atoms with E-state index in [2.05, 4.69) is 0 Å². The van der Waals surface area contributed by atoms with E-state index in [4.69, 9.17) is 0 Å². The van der Waals surface area contributed by atoms with E-state index >= 15 is 4.39 Å². The minimum absolute atomic E-state index is 0.215. The second kappa shape index (κ2) is 5.30. The van der Waals surface area contributed by atoms with Crippen LogP contribution in [0.5, 0.6) is 0 Å². The zero-order valence-electron chi connectivity index (χ0n) is 14.0. The lowest BCUT2D eigenvalue weighted by Crippen LogP contribution is -2.03. The van der Waals surface area contributed by atoms with Gasteiger partial charge in [0, 0.05) is 5.56 Å². The van der Waals surface area contributed by atoms with Crippen LogP contribution in [0, 0.1) is 25.5 Å². The van der Waals surface area contributed by atoms with Gasteiger partial charge in [0.15, 0.2) is 0 Å². The minimum Gasteiger partial charge on any atom is -0.206 e. The molecule has 0 aliphatic heterocycles. The Kier molecular flexibility index (Phi) is 3.34. The van der Waals surface area contributed by atoms with Crippen LogP contribution in [-0.2, 0) is 0 Å². The van der Waals surface area contributed by atoms with Gasteiger partial charge in [0.2, 0.25) is 0 Å². The van der Waals surface area contributed by atoms with Crippen molar-refractivity contribution in [3.8, 4) is 22.3 Å². The van der Waals surface area contributed by atoms with Crippen molar-refractivity contribution < 1.29 is 8.78 Å². The van der Waals surface area contributed by atoms with Crippen LogP contribution in [0.3, 0.4) is 0 Å². The topological polar surface area (TPSA) is 0 Å². The summed E-state index contributed by atoms with van der Waals surface area (Å²) in [5, 5.41) is 0. The fraction of sp³-hybridized carbons (Fsp3) is 0.143. The Bertz CT molecular complexity index is 959. The summed E-state index contributed by atoms with van der Waals surface area (Å²) < 4.78 is 29.9. The minimum atomic E-state index is -0.278. The molecule has 1 atom stereocenters. The van der Waals surface area contributed by atoms with Gasteiger partial charge in [0.1, 0.15) is 19.5 Å². The number of rotatable bonds is 1. The molecule has 1 aliphatic rings. The highest BCUT2D eigenvalue weighted by atomic mass is 19.1. The van der Waals surface area contributed by atoms with E-state index in [1.54, 1.807) is 19.1 Å². The van der Waals surface area contributed by atoms with Crippen LogP contribution in [0.25, 0.3) is 22.3 Å². The fourth-order valence-electron chi connectivity index (χ4n) is 3.71. The third kappa shape index (κ3) is 2.04. The Morgan fingerprint density at radius 2 is 1.25 bits per heavy atom. The maximum absolute atomic E-state index is 15.3. The van der Waals surface area contributed by atoms with Crippen molar-refractivity contribution in [1.29, 1.82) is 0 Å². The highest BCUT2D eigenvalue weighted by Crippen LogP contribution is 2.47. The predicted molar refractivity (Wildman–Crippen MR) is 97.1 cm³/mol. The molecule has 0 fully saturated rings. The smallest absolute Gasteiger partial charge is 0.134 e. The number of hydrogen-bond acceptors (Lipinski definition) is 0. The maximum atomic E-state index is 15.3. The molecule has 3 aromatic rings. The summed E-state index contributed by atoms with van der Waals surface area (Å²) in [4.78, 5) is 0. The van der Waals surface area contributed by atoms with Crippen molar-refractivity contribution in [2.24, 2.45) is 0 Å². The van der Waals surface area contributed by atoms with Crippen LogP contribution >= 0.6 is 0 Å². The van der Waals surface area contributed by atoms with E-state index in [9.17, 15) is 4.39 Å². The second-order valence-electron chi connectivity index (χ2n) is 6.63. The molecule has 0 saturated heterocycles. The quantitative estimate of drug-likeness (QED) is 0.557.